The van der Waals surface area contributed by atoms with Gasteiger partial charge in [-0.25, -0.2) is 4.39 Å². The number of epoxide rings is 1. The molecule has 1 aromatic heterocycles. The van der Waals surface area contributed by atoms with Crippen LogP contribution in [0.15, 0.2) is 36.7 Å². The van der Waals surface area contributed by atoms with Crippen LogP contribution in [0.5, 0.6) is 6.01 Å². The number of fused-ring (bicyclic) bond motifs is 1. The molecule has 0 saturated carbocycles. The first-order valence-corrected chi connectivity index (χ1v) is 16.3. The quantitative estimate of drug-likeness (QED) is 0.355. The summed E-state index contributed by atoms with van der Waals surface area (Å²) in [5.74, 6) is 0.339. The molecule has 4 atom stereocenters. The van der Waals surface area contributed by atoms with Gasteiger partial charge in [0.15, 0.2) is 5.72 Å². The molecule has 246 valence electrons. The lowest BCUT2D eigenvalue weighted by Crippen LogP contribution is -2.58. The number of likely N-dealkylation sites (tertiary alicyclic amines) is 1. The molecule has 0 radical (unpaired) electrons. The van der Waals surface area contributed by atoms with E-state index in [1.165, 1.54) is 22.4 Å². The van der Waals surface area contributed by atoms with Crippen LogP contribution >= 0.6 is 0 Å². The van der Waals surface area contributed by atoms with E-state index in [1.54, 1.807) is 7.11 Å². The highest BCUT2D eigenvalue weighted by molar-refractivity contribution is 5.70. The molecule has 6 rings (SSSR count). The molecule has 1 aromatic carbocycles. The van der Waals surface area contributed by atoms with Crippen LogP contribution in [-0.4, -0.2) is 109 Å². The van der Waals surface area contributed by atoms with E-state index in [4.69, 9.17) is 24.2 Å². The van der Waals surface area contributed by atoms with Gasteiger partial charge in [0, 0.05) is 68.7 Å². The highest BCUT2D eigenvalue weighted by atomic mass is 19.1. The summed E-state index contributed by atoms with van der Waals surface area (Å²) in [7, 11) is 3.84. The lowest BCUT2D eigenvalue weighted by Gasteiger charge is -2.44. The Hall–Kier alpha value is -3.56. The Balaban J connectivity index is 1.31. The predicted molar refractivity (Wildman–Crippen MR) is 175 cm³/mol. The lowest BCUT2D eigenvalue weighted by atomic mass is 9.96. The number of halogens is 1. The third kappa shape index (κ3) is 6.11. The molecular weight excluding hydrogens is 585 g/mol. The molecule has 0 N–H and O–H groups in total. The maximum atomic E-state index is 14.5. The zero-order valence-corrected chi connectivity index (χ0v) is 27.8. The number of hydrogen-bond acceptors (Lipinski definition) is 10. The van der Waals surface area contributed by atoms with Crippen molar-refractivity contribution in [2.75, 3.05) is 65.0 Å². The summed E-state index contributed by atoms with van der Waals surface area (Å²) in [4.78, 5) is 18.9. The van der Waals surface area contributed by atoms with E-state index < -0.39 is 11.6 Å². The molecule has 1 unspecified atom stereocenters. The first-order chi connectivity index (χ1) is 22.2. The zero-order chi connectivity index (χ0) is 32.6. The maximum absolute atomic E-state index is 14.5. The number of aromatic nitrogens is 2. The number of methoxy groups -OCH3 is 1. The van der Waals surface area contributed by atoms with E-state index in [9.17, 15) is 9.65 Å². The number of piperazine rings is 1. The molecule has 0 spiro atoms. The minimum absolute atomic E-state index is 0.184. The van der Waals surface area contributed by atoms with E-state index in [2.05, 4.69) is 79.4 Å². The summed E-state index contributed by atoms with van der Waals surface area (Å²) in [6.07, 6.45) is 4.28. The summed E-state index contributed by atoms with van der Waals surface area (Å²) in [6, 6.07) is 9.06. The van der Waals surface area contributed by atoms with Crippen molar-refractivity contribution in [1.82, 2.24) is 24.7 Å². The van der Waals surface area contributed by atoms with E-state index in [0.717, 1.165) is 43.0 Å². The van der Waals surface area contributed by atoms with Crippen molar-refractivity contribution in [3.8, 4) is 12.1 Å². The van der Waals surface area contributed by atoms with Gasteiger partial charge in [0.2, 0.25) is 0 Å². The van der Waals surface area contributed by atoms with Crippen LogP contribution in [0.2, 0.25) is 0 Å². The Labute approximate surface area is 272 Å². The van der Waals surface area contributed by atoms with Crippen LogP contribution in [-0.2, 0) is 22.4 Å². The number of nitrogens with zero attached hydrogens (tertiary/aromatic N) is 7. The Kier molecular flexibility index (Phi) is 9.35. The second kappa shape index (κ2) is 13.3. The third-order valence-corrected chi connectivity index (χ3v) is 10.2. The minimum Gasteiger partial charge on any atom is -0.462 e. The maximum Gasteiger partial charge on any atom is 0.318 e. The van der Waals surface area contributed by atoms with Gasteiger partial charge in [0.05, 0.1) is 37.4 Å². The molecule has 3 fully saturated rings. The smallest absolute Gasteiger partial charge is 0.318 e. The van der Waals surface area contributed by atoms with Crippen LogP contribution in [0, 0.1) is 25.2 Å². The fourth-order valence-corrected chi connectivity index (χ4v) is 7.54. The molecule has 0 bridgehead atoms. The van der Waals surface area contributed by atoms with Gasteiger partial charge in [-0.1, -0.05) is 30.9 Å². The monoisotopic (exact) mass is 631 g/mol. The van der Waals surface area contributed by atoms with Crippen molar-refractivity contribution >= 4 is 11.5 Å². The first-order valence-electron chi connectivity index (χ1n) is 16.3. The van der Waals surface area contributed by atoms with Gasteiger partial charge in [-0.2, -0.15) is 15.2 Å². The van der Waals surface area contributed by atoms with Crippen LogP contribution in [0.4, 0.5) is 10.2 Å². The van der Waals surface area contributed by atoms with Crippen molar-refractivity contribution in [3.63, 3.8) is 0 Å². The molecule has 2 aromatic rings. The standard InChI is InChI=1S/C35H46FN7O3/c1-7-31(32-23(2)9-8-10-24(32)3)41-14-12-29-30(20-41)38-34(45-21-27-17-28(44-6)19-40(27)5)39-33(29)42-15-16-43(26(18-42)11-13-37)35(22-46-35)25(4)36/h7-10,26-28H,4,11-12,14-22H2,1-3,5-6H3/b31-7+/t26-,27+,28+,35?/m0/s1. The Morgan fingerprint density at radius 3 is 2.59 bits per heavy atom. The van der Waals surface area contributed by atoms with Crippen LogP contribution in [0.25, 0.3) is 5.70 Å². The van der Waals surface area contributed by atoms with Gasteiger partial charge in [-0.15, -0.1) is 0 Å². The number of benzene rings is 1. The number of allylic oxidation sites excluding steroid dienone is 1. The number of anilines is 1. The molecule has 11 heteroatoms. The largest absolute Gasteiger partial charge is 0.462 e. The molecule has 4 aliphatic rings. The summed E-state index contributed by atoms with van der Waals surface area (Å²) < 4.78 is 32.1. The minimum atomic E-state index is -1.11. The van der Waals surface area contributed by atoms with Gasteiger partial charge >= 0.3 is 6.01 Å². The number of aryl methyl sites for hydroxylation is 2. The Bertz CT molecular complexity index is 1520. The Morgan fingerprint density at radius 2 is 1.96 bits per heavy atom. The van der Waals surface area contributed by atoms with Crippen molar-refractivity contribution in [2.24, 2.45) is 0 Å². The SMILES string of the molecule is C=C(F)C1(N2CCN(c3nc(OC[C@H]4C[C@@H](OC)CN4C)nc4c3CCN(/C(=C/C)c3c(C)cccc3C)C4)C[C@@H]2CC#N)CO1. The summed E-state index contributed by atoms with van der Waals surface area (Å²) in [6.45, 7) is 14.7. The van der Waals surface area contributed by atoms with Crippen molar-refractivity contribution in [2.45, 2.75) is 70.5 Å². The average molecular weight is 632 g/mol. The second-order valence-electron chi connectivity index (χ2n) is 13.0. The molecular formula is C35H46FN7O3. The molecule has 0 amide bonds. The van der Waals surface area contributed by atoms with Crippen LogP contribution < -0.4 is 9.64 Å². The number of ether oxygens (including phenoxy) is 3. The molecule has 0 aliphatic carbocycles. The fraction of sp³-hybridized carbons (Fsp3) is 0.571. The van der Waals surface area contributed by atoms with Crippen molar-refractivity contribution in [1.29, 1.82) is 5.26 Å². The van der Waals surface area contributed by atoms with Crippen molar-refractivity contribution < 1.29 is 18.6 Å². The molecule has 4 aliphatic heterocycles. The predicted octanol–water partition coefficient (Wildman–Crippen LogP) is 4.22. The fourth-order valence-electron chi connectivity index (χ4n) is 7.54. The van der Waals surface area contributed by atoms with Gasteiger partial charge in [0.1, 0.15) is 18.3 Å². The normalized spacial score (nSPS) is 27.0. The van der Waals surface area contributed by atoms with Gasteiger partial charge in [-0.05, 0) is 51.8 Å². The first kappa shape index (κ1) is 32.4. The van der Waals surface area contributed by atoms with E-state index in [0.29, 0.717) is 38.8 Å². The number of hydrogen-bond donors (Lipinski definition) is 0. The van der Waals surface area contributed by atoms with E-state index in [1.807, 2.05) is 4.90 Å². The summed E-state index contributed by atoms with van der Waals surface area (Å²) in [5, 5.41) is 9.70. The highest BCUT2D eigenvalue weighted by Crippen LogP contribution is 2.42. The number of rotatable bonds is 10. The number of nitriles is 1. The Morgan fingerprint density at radius 1 is 1.20 bits per heavy atom. The van der Waals surface area contributed by atoms with Gasteiger partial charge < -0.3 is 24.0 Å². The van der Waals surface area contributed by atoms with Crippen molar-refractivity contribution in [3.05, 3.63) is 64.6 Å². The number of likely N-dealkylation sites (N-methyl/N-ethyl adjacent to an activating group) is 1. The van der Waals surface area contributed by atoms with E-state index in [-0.39, 0.29) is 31.2 Å². The van der Waals surface area contributed by atoms with Crippen LogP contribution in [0.1, 0.15) is 47.7 Å². The second-order valence-corrected chi connectivity index (χ2v) is 13.0. The highest BCUT2D eigenvalue weighted by Gasteiger charge is 2.57. The molecule has 46 heavy (non-hydrogen) atoms. The molecule has 10 nitrogen and oxygen atoms in total. The third-order valence-electron chi connectivity index (χ3n) is 10.2. The van der Waals surface area contributed by atoms with Crippen LogP contribution in [0.3, 0.4) is 0 Å². The van der Waals surface area contributed by atoms with Gasteiger partial charge in [0.25, 0.3) is 0 Å². The van der Waals surface area contributed by atoms with Gasteiger partial charge in [-0.3, -0.25) is 9.80 Å². The van der Waals surface area contributed by atoms with E-state index >= 15 is 0 Å². The topological polar surface area (TPSA) is 93.5 Å². The lowest BCUT2D eigenvalue weighted by molar-refractivity contribution is 0.0406. The zero-order valence-electron chi connectivity index (χ0n) is 27.8. The summed E-state index contributed by atoms with van der Waals surface area (Å²) >= 11 is 0. The summed E-state index contributed by atoms with van der Waals surface area (Å²) in [5.41, 5.74) is 5.90. The average Bonchev–Trinajstić information content (AvgIpc) is 3.78. The molecule has 3 saturated heterocycles. The molecule has 5 heterocycles.